The number of rotatable bonds is 6. The number of nitro benzene ring substituents is 1. The maximum atomic E-state index is 11.0. The molecule has 1 aliphatic rings. The minimum absolute atomic E-state index is 0.0811. The average molecular weight is 291 g/mol. The molecule has 0 unspecified atom stereocenters. The zero-order valence-electron chi connectivity index (χ0n) is 12.9. The summed E-state index contributed by atoms with van der Waals surface area (Å²) in [4.78, 5) is 13.0. The third-order valence-corrected chi connectivity index (χ3v) is 4.18. The molecule has 2 N–H and O–H groups in total. The highest BCUT2D eigenvalue weighted by Gasteiger charge is 2.24. The standard InChI is InChI=1S/C16H25N3O2/c1-12(2)7-8-18(14-5-3-4-6-14)15-9-13(17)10-16(11-15)19(20)21/h9-12,14H,3-8,17H2,1-2H3. The molecule has 0 heterocycles. The number of nitrogen functional groups attached to an aromatic ring is 1. The van der Waals surface area contributed by atoms with Crippen LogP contribution in [0.1, 0.15) is 46.0 Å². The lowest BCUT2D eigenvalue weighted by Crippen LogP contribution is -2.34. The van der Waals surface area contributed by atoms with Crippen molar-refractivity contribution >= 4 is 17.1 Å². The summed E-state index contributed by atoms with van der Waals surface area (Å²) in [5, 5.41) is 11.0. The van der Waals surface area contributed by atoms with E-state index in [0.29, 0.717) is 17.6 Å². The third kappa shape index (κ3) is 4.09. The monoisotopic (exact) mass is 291 g/mol. The van der Waals surface area contributed by atoms with Crippen molar-refractivity contribution in [2.75, 3.05) is 17.2 Å². The van der Waals surface area contributed by atoms with Crippen LogP contribution in [0, 0.1) is 16.0 Å². The van der Waals surface area contributed by atoms with Crippen LogP contribution in [0.25, 0.3) is 0 Å². The summed E-state index contributed by atoms with van der Waals surface area (Å²) in [7, 11) is 0. The van der Waals surface area contributed by atoms with Gasteiger partial charge in [-0.2, -0.15) is 0 Å². The van der Waals surface area contributed by atoms with Gasteiger partial charge in [-0.05, 0) is 31.2 Å². The molecular weight excluding hydrogens is 266 g/mol. The minimum Gasteiger partial charge on any atom is -0.398 e. The Bertz CT molecular complexity index is 496. The van der Waals surface area contributed by atoms with Gasteiger partial charge in [-0.15, -0.1) is 0 Å². The largest absolute Gasteiger partial charge is 0.398 e. The first-order chi connectivity index (χ1) is 9.97. The van der Waals surface area contributed by atoms with E-state index in [1.165, 1.54) is 31.7 Å². The van der Waals surface area contributed by atoms with E-state index < -0.39 is 0 Å². The van der Waals surface area contributed by atoms with Crippen LogP contribution in [0.2, 0.25) is 0 Å². The van der Waals surface area contributed by atoms with Crippen molar-refractivity contribution in [3.05, 3.63) is 28.3 Å². The third-order valence-electron chi connectivity index (χ3n) is 4.18. The Labute approximate surface area is 126 Å². The summed E-state index contributed by atoms with van der Waals surface area (Å²) in [6.07, 6.45) is 5.90. The van der Waals surface area contributed by atoms with Gasteiger partial charge in [-0.25, -0.2) is 0 Å². The van der Waals surface area contributed by atoms with Gasteiger partial charge in [0.2, 0.25) is 0 Å². The first-order valence-corrected chi connectivity index (χ1v) is 7.79. The van der Waals surface area contributed by atoms with Gasteiger partial charge in [-0.1, -0.05) is 26.7 Å². The molecule has 2 rings (SSSR count). The van der Waals surface area contributed by atoms with Crippen molar-refractivity contribution in [2.45, 2.75) is 52.0 Å². The number of nitrogens with two attached hydrogens (primary N) is 1. The molecule has 1 fully saturated rings. The second-order valence-corrected chi connectivity index (χ2v) is 6.35. The first kappa shape index (κ1) is 15.6. The maximum Gasteiger partial charge on any atom is 0.273 e. The molecule has 0 atom stereocenters. The molecule has 0 aliphatic heterocycles. The van der Waals surface area contributed by atoms with Crippen molar-refractivity contribution in [3.63, 3.8) is 0 Å². The van der Waals surface area contributed by atoms with Crippen molar-refractivity contribution in [2.24, 2.45) is 5.92 Å². The number of hydrogen-bond donors (Lipinski definition) is 1. The van der Waals surface area contributed by atoms with Gasteiger partial charge < -0.3 is 10.6 Å². The zero-order valence-corrected chi connectivity index (χ0v) is 12.9. The Morgan fingerprint density at radius 3 is 2.57 bits per heavy atom. The number of non-ortho nitro benzene ring substituents is 1. The highest BCUT2D eigenvalue weighted by molar-refractivity contribution is 5.63. The average Bonchev–Trinajstić information content (AvgIpc) is 2.92. The molecule has 1 aliphatic carbocycles. The van der Waals surface area contributed by atoms with Crippen LogP contribution in [0.3, 0.4) is 0 Å². The minimum atomic E-state index is -0.366. The van der Waals surface area contributed by atoms with Gasteiger partial charge in [0.15, 0.2) is 0 Å². The molecule has 0 bridgehead atoms. The quantitative estimate of drug-likeness (QED) is 0.489. The highest BCUT2D eigenvalue weighted by Crippen LogP contribution is 2.32. The van der Waals surface area contributed by atoms with E-state index in [0.717, 1.165) is 18.7 Å². The van der Waals surface area contributed by atoms with Crippen LogP contribution >= 0.6 is 0 Å². The molecule has 5 heteroatoms. The Morgan fingerprint density at radius 2 is 2.00 bits per heavy atom. The van der Waals surface area contributed by atoms with E-state index in [1.54, 1.807) is 6.07 Å². The number of anilines is 2. The summed E-state index contributed by atoms with van der Waals surface area (Å²) in [5.41, 5.74) is 7.30. The number of hydrogen-bond acceptors (Lipinski definition) is 4. The van der Waals surface area contributed by atoms with E-state index in [9.17, 15) is 10.1 Å². The van der Waals surface area contributed by atoms with Crippen LogP contribution in [0.15, 0.2) is 18.2 Å². The summed E-state index contributed by atoms with van der Waals surface area (Å²) >= 11 is 0. The second-order valence-electron chi connectivity index (χ2n) is 6.35. The molecule has 1 aromatic carbocycles. The molecule has 116 valence electrons. The molecular formula is C16H25N3O2. The topological polar surface area (TPSA) is 72.4 Å². The Kier molecular flexibility index (Phi) is 5.04. The van der Waals surface area contributed by atoms with Gasteiger partial charge in [0, 0.05) is 36.1 Å². The summed E-state index contributed by atoms with van der Waals surface area (Å²) in [5.74, 6) is 0.616. The molecule has 1 aromatic rings. The molecule has 0 spiro atoms. The van der Waals surface area contributed by atoms with Gasteiger partial charge >= 0.3 is 0 Å². The summed E-state index contributed by atoms with van der Waals surface area (Å²) in [6, 6.07) is 5.45. The van der Waals surface area contributed by atoms with Crippen LogP contribution < -0.4 is 10.6 Å². The molecule has 1 saturated carbocycles. The van der Waals surface area contributed by atoms with Crippen LogP contribution in [-0.4, -0.2) is 17.5 Å². The number of nitro groups is 1. The highest BCUT2D eigenvalue weighted by atomic mass is 16.6. The Balaban J connectivity index is 2.28. The second kappa shape index (κ2) is 6.78. The fourth-order valence-electron chi connectivity index (χ4n) is 3.02. The van der Waals surface area contributed by atoms with Gasteiger partial charge in [0.25, 0.3) is 5.69 Å². The molecule has 21 heavy (non-hydrogen) atoms. The normalized spacial score (nSPS) is 15.6. The van der Waals surface area contributed by atoms with Gasteiger partial charge in [0.05, 0.1) is 4.92 Å². The fourth-order valence-corrected chi connectivity index (χ4v) is 3.02. The van der Waals surface area contributed by atoms with Crippen molar-refractivity contribution < 1.29 is 4.92 Å². The van der Waals surface area contributed by atoms with Crippen molar-refractivity contribution in [1.82, 2.24) is 0 Å². The predicted molar refractivity (Wildman–Crippen MR) is 86.6 cm³/mol. The zero-order chi connectivity index (χ0) is 15.4. The van der Waals surface area contributed by atoms with Crippen LogP contribution in [0.4, 0.5) is 17.1 Å². The lowest BCUT2D eigenvalue weighted by Gasteiger charge is -2.32. The molecule has 0 saturated heterocycles. The predicted octanol–water partition coefficient (Wildman–Crippen LogP) is 3.97. The van der Waals surface area contributed by atoms with Crippen molar-refractivity contribution in [3.8, 4) is 0 Å². The van der Waals surface area contributed by atoms with Gasteiger partial charge in [0.1, 0.15) is 0 Å². The number of nitrogens with zero attached hydrogens (tertiary/aromatic N) is 2. The first-order valence-electron chi connectivity index (χ1n) is 7.79. The molecule has 0 aromatic heterocycles. The lowest BCUT2D eigenvalue weighted by molar-refractivity contribution is -0.384. The number of benzene rings is 1. The van der Waals surface area contributed by atoms with E-state index in [4.69, 9.17) is 5.73 Å². The maximum absolute atomic E-state index is 11.0. The van der Waals surface area contributed by atoms with Gasteiger partial charge in [-0.3, -0.25) is 10.1 Å². The Morgan fingerprint density at radius 1 is 1.33 bits per heavy atom. The molecule has 5 nitrogen and oxygen atoms in total. The lowest BCUT2D eigenvalue weighted by atomic mass is 10.1. The SMILES string of the molecule is CC(C)CCN(c1cc(N)cc([N+](=O)[O-])c1)C1CCCC1. The van der Waals surface area contributed by atoms with E-state index >= 15 is 0 Å². The molecule has 0 amide bonds. The Hall–Kier alpha value is -1.78. The molecule has 0 radical (unpaired) electrons. The van der Waals surface area contributed by atoms with E-state index in [1.807, 2.05) is 6.07 Å². The summed E-state index contributed by atoms with van der Waals surface area (Å²) in [6.45, 7) is 5.34. The van der Waals surface area contributed by atoms with E-state index in [-0.39, 0.29) is 10.6 Å². The fraction of sp³-hybridized carbons (Fsp3) is 0.625. The van der Waals surface area contributed by atoms with Crippen LogP contribution in [0.5, 0.6) is 0 Å². The summed E-state index contributed by atoms with van der Waals surface area (Å²) < 4.78 is 0. The van der Waals surface area contributed by atoms with Crippen molar-refractivity contribution in [1.29, 1.82) is 0 Å². The smallest absolute Gasteiger partial charge is 0.273 e. The van der Waals surface area contributed by atoms with Crippen LogP contribution in [-0.2, 0) is 0 Å². The van der Waals surface area contributed by atoms with E-state index in [2.05, 4.69) is 18.7 Å².